The number of hydrogen-bond acceptors (Lipinski definition) is 5. The lowest BCUT2D eigenvalue weighted by Gasteiger charge is -2.43. The van der Waals surface area contributed by atoms with Crippen molar-refractivity contribution in [1.29, 1.82) is 5.26 Å². The van der Waals surface area contributed by atoms with E-state index in [2.05, 4.69) is 19.9 Å². The number of nitriles is 1. The van der Waals surface area contributed by atoms with Gasteiger partial charge in [0.25, 0.3) is 5.91 Å². The van der Waals surface area contributed by atoms with Gasteiger partial charge in [0, 0.05) is 31.4 Å². The van der Waals surface area contributed by atoms with Crippen molar-refractivity contribution in [2.45, 2.75) is 24.3 Å². The van der Waals surface area contributed by atoms with E-state index in [1.807, 2.05) is 12.1 Å². The van der Waals surface area contributed by atoms with Gasteiger partial charge in [0.15, 0.2) is 0 Å². The average molecular weight is 408 g/mol. The summed E-state index contributed by atoms with van der Waals surface area (Å²) in [6.45, 7) is 1.06. The van der Waals surface area contributed by atoms with Crippen LogP contribution in [0, 0.1) is 11.3 Å². The number of nitrogens with zero attached hydrogens (tertiary/aromatic N) is 5. The number of benzene rings is 1. The number of amides is 1. The van der Waals surface area contributed by atoms with Crippen LogP contribution in [0.5, 0.6) is 0 Å². The summed E-state index contributed by atoms with van der Waals surface area (Å²) in [6, 6.07) is 8.69. The fourth-order valence-corrected chi connectivity index (χ4v) is 4.21. The van der Waals surface area contributed by atoms with E-state index in [0.29, 0.717) is 25.9 Å². The SMILES string of the molecule is N#Cc1ccc(C(F)(F)C(=O)N2CCN(c3ncnc4[nH]ccc34)CC23CC3)cc1. The molecule has 5 rings (SSSR count). The molecule has 3 heterocycles. The van der Waals surface area contributed by atoms with Crippen LogP contribution in [0.15, 0.2) is 42.9 Å². The largest absolute Gasteiger partial charge is 0.352 e. The number of piperazine rings is 1. The molecule has 1 saturated heterocycles. The van der Waals surface area contributed by atoms with Crippen LogP contribution in [-0.4, -0.2) is 50.9 Å². The third kappa shape index (κ3) is 2.79. The Morgan fingerprint density at radius 1 is 1.17 bits per heavy atom. The van der Waals surface area contributed by atoms with E-state index in [9.17, 15) is 4.79 Å². The summed E-state index contributed by atoms with van der Waals surface area (Å²) in [5.41, 5.74) is -0.000625. The molecule has 1 N–H and O–H groups in total. The van der Waals surface area contributed by atoms with Gasteiger partial charge in [0.2, 0.25) is 0 Å². The van der Waals surface area contributed by atoms with Crippen molar-refractivity contribution >= 4 is 22.8 Å². The van der Waals surface area contributed by atoms with Crippen molar-refractivity contribution in [2.75, 3.05) is 24.5 Å². The summed E-state index contributed by atoms with van der Waals surface area (Å²) >= 11 is 0. The lowest BCUT2D eigenvalue weighted by Crippen LogP contribution is -2.60. The number of carbonyl (C=O) groups excluding carboxylic acids is 1. The predicted molar refractivity (Wildman–Crippen MR) is 105 cm³/mol. The first-order valence-electron chi connectivity index (χ1n) is 9.68. The number of aromatic nitrogens is 3. The molecule has 2 fully saturated rings. The number of H-pyrrole nitrogens is 1. The van der Waals surface area contributed by atoms with Crippen LogP contribution < -0.4 is 4.90 Å². The van der Waals surface area contributed by atoms with E-state index < -0.39 is 22.9 Å². The van der Waals surface area contributed by atoms with E-state index in [4.69, 9.17) is 5.26 Å². The summed E-state index contributed by atoms with van der Waals surface area (Å²) in [6.07, 6.45) is 4.62. The van der Waals surface area contributed by atoms with Crippen molar-refractivity contribution in [3.8, 4) is 6.07 Å². The van der Waals surface area contributed by atoms with Crippen LogP contribution in [0.25, 0.3) is 11.0 Å². The van der Waals surface area contributed by atoms with Gasteiger partial charge in [-0.2, -0.15) is 14.0 Å². The number of fused-ring (bicyclic) bond motifs is 1. The molecule has 2 aliphatic rings. The Kier molecular flexibility index (Phi) is 4.00. The number of nitrogens with one attached hydrogen (secondary N) is 1. The molecular weight excluding hydrogens is 390 g/mol. The quantitative estimate of drug-likeness (QED) is 0.720. The van der Waals surface area contributed by atoms with E-state index in [1.54, 1.807) is 6.20 Å². The van der Waals surface area contributed by atoms with Gasteiger partial charge in [-0.25, -0.2) is 9.97 Å². The van der Waals surface area contributed by atoms with Gasteiger partial charge in [-0.05, 0) is 31.0 Å². The second-order valence-corrected chi connectivity index (χ2v) is 7.80. The standard InChI is InChI=1S/C21H18F2N6O/c22-21(23,15-3-1-14(11-24)2-4-15)19(30)29-10-9-28(12-20(29)6-7-20)18-16-5-8-25-17(16)26-13-27-18/h1-5,8,13H,6-7,9-10,12H2,(H,25,26,27). The number of alkyl halides is 2. The highest BCUT2D eigenvalue weighted by Gasteiger charge is 2.58. The first-order chi connectivity index (χ1) is 14.4. The highest BCUT2D eigenvalue weighted by atomic mass is 19.3. The minimum Gasteiger partial charge on any atom is -0.352 e. The molecule has 1 aliphatic carbocycles. The number of halogens is 2. The molecule has 3 aromatic rings. The molecule has 1 spiro atoms. The van der Waals surface area contributed by atoms with E-state index in [-0.39, 0.29) is 12.1 Å². The molecule has 152 valence electrons. The van der Waals surface area contributed by atoms with Crippen molar-refractivity contribution in [3.63, 3.8) is 0 Å². The van der Waals surface area contributed by atoms with Crippen molar-refractivity contribution in [3.05, 3.63) is 54.0 Å². The molecule has 9 heteroatoms. The molecule has 7 nitrogen and oxygen atoms in total. The molecule has 0 unspecified atom stereocenters. The maximum Gasteiger partial charge on any atom is 0.349 e. The normalized spacial score (nSPS) is 17.9. The zero-order chi connectivity index (χ0) is 20.9. The second kappa shape index (κ2) is 6.49. The Balaban J connectivity index is 1.40. The second-order valence-electron chi connectivity index (χ2n) is 7.80. The molecule has 1 aromatic carbocycles. The van der Waals surface area contributed by atoms with Gasteiger partial charge in [0.05, 0.1) is 22.6 Å². The minimum absolute atomic E-state index is 0.195. The maximum atomic E-state index is 15.0. The van der Waals surface area contributed by atoms with Gasteiger partial charge in [-0.1, -0.05) is 12.1 Å². The van der Waals surface area contributed by atoms with Crippen LogP contribution in [0.2, 0.25) is 0 Å². The number of hydrogen-bond donors (Lipinski definition) is 1. The van der Waals surface area contributed by atoms with Crippen molar-refractivity contribution in [2.24, 2.45) is 0 Å². The Bertz CT molecular complexity index is 1160. The summed E-state index contributed by atoms with van der Waals surface area (Å²) in [5.74, 6) is -4.08. The fraction of sp³-hybridized carbons (Fsp3) is 0.333. The Labute approximate surface area is 170 Å². The highest BCUT2D eigenvalue weighted by molar-refractivity contribution is 5.89. The van der Waals surface area contributed by atoms with Gasteiger partial charge in [-0.15, -0.1) is 0 Å². The molecule has 0 radical (unpaired) electrons. The number of anilines is 1. The molecule has 0 atom stereocenters. The Hall–Kier alpha value is -3.54. The molecule has 2 aromatic heterocycles. The van der Waals surface area contributed by atoms with Gasteiger partial charge >= 0.3 is 5.92 Å². The van der Waals surface area contributed by atoms with Crippen LogP contribution >= 0.6 is 0 Å². The van der Waals surface area contributed by atoms with Gasteiger partial charge in [0.1, 0.15) is 17.8 Å². The number of rotatable bonds is 3. The molecule has 1 saturated carbocycles. The third-order valence-electron chi connectivity index (χ3n) is 6.00. The van der Waals surface area contributed by atoms with E-state index in [1.165, 1.54) is 23.4 Å². The lowest BCUT2D eigenvalue weighted by molar-refractivity contribution is -0.163. The first-order valence-corrected chi connectivity index (χ1v) is 9.68. The highest BCUT2D eigenvalue weighted by Crippen LogP contribution is 2.47. The molecular formula is C21H18F2N6O. The number of carbonyl (C=O) groups is 1. The molecule has 30 heavy (non-hydrogen) atoms. The minimum atomic E-state index is -3.64. The van der Waals surface area contributed by atoms with Gasteiger partial charge < -0.3 is 14.8 Å². The monoisotopic (exact) mass is 408 g/mol. The van der Waals surface area contributed by atoms with E-state index in [0.717, 1.165) is 29.0 Å². The third-order valence-corrected chi connectivity index (χ3v) is 6.00. The molecule has 1 amide bonds. The predicted octanol–water partition coefficient (Wildman–Crippen LogP) is 2.80. The summed E-state index contributed by atoms with van der Waals surface area (Å²) in [5, 5.41) is 9.74. The maximum absolute atomic E-state index is 15.0. The summed E-state index contributed by atoms with van der Waals surface area (Å²) in [4.78, 5) is 27.9. The smallest absolute Gasteiger partial charge is 0.349 e. The van der Waals surface area contributed by atoms with Gasteiger partial charge in [-0.3, -0.25) is 4.79 Å². The lowest BCUT2D eigenvalue weighted by atomic mass is 10.0. The summed E-state index contributed by atoms with van der Waals surface area (Å²) < 4.78 is 30.0. The number of aromatic amines is 1. The Morgan fingerprint density at radius 3 is 2.63 bits per heavy atom. The topological polar surface area (TPSA) is 88.9 Å². The van der Waals surface area contributed by atoms with Crippen LogP contribution in [-0.2, 0) is 10.7 Å². The van der Waals surface area contributed by atoms with Crippen molar-refractivity contribution in [1.82, 2.24) is 19.9 Å². The fourth-order valence-electron chi connectivity index (χ4n) is 4.21. The zero-order valence-electron chi connectivity index (χ0n) is 16.0. The zero-order valence-corrected chi connectivity index (χ0v) is 16.0. The molecule has 1 aliphatic heterocycles. The van der Waals surface area contributed by atoms with E-state index >= 15 is 8.78 Å². The van der Waals surface area contributed by atoms with Crippen LogP contribution in [0.4, 0.5) is 14.6 Å². The average Bonchev–Trinajstić information content (AvgIpc) is 3.34. The summed E-state index contributed by atoms with van der Waals surface area (Å²) in [7, 11) is 0. The first kappa shape index (κ1) is 18.5. The van der Waals surface area contributed by atoms with Crippen molar-refractivity contribution < 1.29 is 13.6 Å². The molecule has 0 bridgehead atoms. The Morgan fingerprint density at radius 2 is 1.93 bits per heavy atom. The van der Waals surface area contributed by atoms with Crippen LogP contribution in [0.3, 0.4) is 0 Å². The van der Waals surface area contributed by atoms with Crippen LogP contribution in [0.1, 0.15) is 24.0 Å².